The second-order valence-electron chi connectivity index (χ2n) is 10.4. The number of aromatic nitrogens is 1. The van der Waals surface area contributed by atoms with Crippen molar-refractivity contribution in [1.29, 1.82) is 0 Å². The number of ether oxygens (including phenoxy) is 1. The van der Waals surface area contributed by atoms with E-state index in [9.17, 15) is 22.8 Å². The third-order valence-electron chi connectivity index (χ3n) is 6.43. The number of halogens is 3. The lowest BCUT2D eigenvalue weighted by molar-refractivity contribution is -0.156. The summed E-state index contributed by atoms with van der Waals surface area (Å²) in [6.07, 6.45) is -2.16. The number of nitrogens with one attached hydrogen (secondary N) is 1. The van der Waals surface area contributed by atoms with Crippen LogP contribution in [0.25, 0.3) is 5.57 Å². The van der Waals surface area contributed by atoms with Gasteiger partial charge in [0.15, 0.2) is 5.01 Å². The summed E-state index contributed by atoms with van der Waals surface area (Å²) < 4.78 is 48.2. The minimum absolute atomic E-state index is 0.00603. The van der Waals surface area contributed by atoms with Crippen LogP contribution < -0.4 is 5.32 Å². The second kappa shape index (κ2) is 10.1. The number of morpholine rings is 1. The lowest BCUT2D eigenvalue weighted by Crippen LogP contribution is -2.43. The topological polar surface area (TPSA) is 87.1 Å². The number of allylic oxidation sites excluding steroid dienone is 1. The first-order valence-electron chi connectivity index (χ1n) is 12.2. The van der Waals surface area contributed by atoms with Crippen LogP contribution in [0, 0.1) is 5.92 Å². The van der Waals surface area contributed by atoms with Gasteiger partial charge >= 0.3 is 6.18 Å². The van der Waals surface area contributed by atoms with Crippen LogP contribution in [0.3, 0.4) is 0 Å². The van der Waals surface area contributed by atoms with Crippen molar-refractivity contribution in [2.24, 2.45) is 10.9 Å². The Labute approximate surface area is 212 Å². The Morgan fingerprint density at radius 3 is 2.42 bits per heavy atom. The lowest BCUT2D eigenvalue weighted by atomic mass is 9.90. The number of hydrogen-bond acceptors (Lipinski definition) is 7. The quantitative estimate of drug-likeness (QED) is 0.643. The highest BCUT2D eigenvalue weighted by molar-refractivity contribution is 7.15. The predicted molar refractivity (Wildman–Crippen MR) is 131 cm³/mol. The monoisotopic (exact) mass is 527 g/mol. The number of alkyl halides is 3. The number of aliphatic imine (C=N–C) groups is 1. The number of amidine groups is 1. The van der Waals surface area contributed by atoms with Crippen LogP contribution in [-0.2, 0) is 4.74 Å². The maximum atomic E-state index is 14.3. The van der Waals surface area contributed by atoms with Crippen molar-refractivity contribution in [2.45, 2.75) is 64.7 Å². The molecule has 4 rings (SSSR count). The molecular formula is C24H32F3N5O3S. The van der Waals surface area contributed by atoms with Gasteiger partial charge in [-0.25, -0.2) is 9.98 Å². The first-order chi connectivity index (χ1) is 16.8. The molecule has 0 radical (unpaired) electrons. The third kappa shape index (κ3) is 5.74. The lowest BCUT2D eigenvalue weighted by Gasteiger charge is -2.30. The Morgan fingerprint density at radius 1 is 1.14 bits per heavy atom. The molecule has 3 aliphatic rings. The molecule has 2 fully saturated rings. The molecule has 4 heterocycles. The van der Waals surface area contributed by atoms with Crippen LogP contribution in [-0.4, -0.2) is 83.0 Å². The van der Waals surface area contributed by atoms with Crippen molar-refractivity contribution in [3.63, 3.8) is 0 Å². The molecule has 1 unspecified atom stereocenters. The van der Waals surface area contributed by atoms with Crippen LogP contribution in [0.4, 0.5) is 13.2 Å². The summed E-state index contributed by atoms with van der Waals surface area (Å²) in [7, 11) is 0. The van der Waals surface area contributed by atoms with E-state index in [0.29, 0.717) is 32.8 Å². The summed E-state index contributed by atoms with van der Waals surface area (Å²) in [5, 5.41) is 3.04. The smallest absolute Gasteiger partial charge is 0.378 e. The van der Waals surface area contributed by atoms with Crippen LogP contribution in [0.1, 0.15) is 72.1 Å². The van der Waals surface area contributed by atoms with E-state index in [0.717, 1.165) is 24.2 Å². The van der Waals surface area contributed by atoms with Crippen LogP contribution in [0.2, 0.25) is 0 Å². The van der Waals surface area contributed by atoms with Gasteiger partial charge in [-0.15, -0.1) is 11.3 Å². The predicted octanol–water partition coefficient (Wildman–Crippen LogP) is 3.95. The van der Waals surface area contributed by atoms with Crippen molar-refractivity contribution in [3.05, 3.63) is 21.8 Å². The second-order valence-corrected chi connectivity index (χ2v) is 11.4. The molecule has 0 bridgehead atoms. The largest absolute Gasteiger partial charge is 0.396 e. The van der Waals surface area contributed by atoms with Gasteiger partial charge in [0.25, 0.3) is 11.8 Å². The molecular weight excluding hydrogens is 495 g/mol. The SMILES string of the molecule is C[C@H]1CCCN1C(=O)c1nc(C(=O)N2CCOCC2)sc1C1=CN=C(NC(C)(C)C)CC1C(F)(F)F. The van der Waals surface area contributed by atoms with Crippen molar-refractivity contribution >= 4 is 34.6 Å². The van der Waals surface area contributed by atoms with E-state index in [1.807, 2.05) is 27.7 Å². The molecule has 198 valence electrons. The fraction of sp³-hybridized carbons (Fsp3) is 0.667. The average Bonchev–Trinajstić information content (AvgIpc) is 3.44. The number of hydrogen-bond donors (Lipinski definition) is 1. The molecule has 2 saturated heterocycles. The summed E-state index contributed by atoms with van der Waals surface area (Å²) in [6, 6.07) is -0.0511. The summed E-state index contributed by atoms with van der Waals surface area (Å²) in [5.74, 6) is -2.51. The van der Waals surface area contributed by atoms with Gasteiger partial charge in [0.1, 0.15) is 11.5 Å². The molecule has 8 nitrogen and oxygen atoms in total. The van der Waals surface area contributed by atoms with E-state index < -0.39 is 29.4 Å². The zero-order valence-corrected chi connectivity index (χ0v) is 21.8. The van der Waals surface area contributed by atoms with E-state index in [1.54, 1.807) is 9.80 Å². The molecule has 1 aromatic heterocycles. The Morgan fingerprint density at radius 2 is 1.83 bits per heavy atom. The molecule has 1 N–H and O–H groups in total. The maximum absolute atomic E-state index is 14.3. The van der Waals surface area contributed by atoms with E-state index in [-0.39, 0.29) is 39.5 Å². The standard InChI is InChI=1S/C24H32F3N5O3S/c1-14-6-5-7-32(14)21(33)18-19(36-20(29-18)22(34)31-8-10-35-11-9-31)15-13-28-17(30-23(2,3)4)12-16(15)24(25,26)27/h13-14,16H,5-12H2,1-4H3,(H,28,30)/t14-,16?/m0/s1. The first-order valence-corrected chi connectivity index (χ1v) is 13.0. The number of rotatable bonds is 3. The number of likely N-dealkylation sites (tertiary alicyclic amines) is 1. The highest BCUT2D eigenvalue weighted by Gasteiger charge is 2.47. The Hall–Kier alpha value is -2.47. The number of carbonyl (C=O) groups is 2. The molecule has 2 amide bonds. The summed E-state index contributed by atoms with van der Waals surface area (Å²) in [5.41, 5.74) is -0.695. The highest BCUT2D eigenvalue weighted by atomic mass is 32.1. The highest BCUT2D eigenvalue weighted by Crippen LogP contribution is 2.44. The van der Waals surface area contributed by atoms with E-state index >= 15 is 0 Å². The normalized spacial score (nSPS) is 23.4. The zero-order valence-electron chi connectivity index (χ0n) is 20.9. The summed E-state index contributed by atoms with van der Waals surface area (Å²) in [4.78, 5) is 38.6. The average molecular weight is 528 g/mol. The zero-order chi connectivity index (χ0) is 26.3. The van der Waals surface area contributed by atoms with Crippen LogP contribution in [0.15, 0.2) is 11.2 Å². The minimum Gasteiger partial charge on any atom is -0.378 e. The Bertz CT molecular complexity index is 1070. The van der Waals surface area contributed by atoms with Gasteiger partial charge in [-0.1, -0.05) is 0 Å². The van der Waals surface area contributed by atoms with Crippen molar-refractivity contribution in [3.8, 4) is 0 Å². The molecule has 12 heteroatoms. The molecule has 0 aromatic carbocycles. The van der Waals surface area contributed by atoms with Gasteiger partial charge < -0.3 is 19.9 Å². The van der Waals surface area contributed by atoms with Gasteiger partial charge in [0, 0.05) is 49.4 Å². The molecule has 2 atom stereocenters. The Kier molecular flexibility index (Phi) is 7.47. The van der Waals surface area contributed by atoms with Crippen LogP contribution >= 0.6 is 11.3 Å². The Balaban J connectivity index is 1.78. The number of amides is 2. The molecule has 0 saturated carbocycles. The van der Waals surface area contributed by atoms with E-state index in [1.165, 1.54) is 6.20 Å². The van der Waals surface area contributed by atoms with Gasteiger partial charge in [0.05, 0.1) is 24.0 Å². The van der Waals surface area contributed by atoms with E-state index in [2.05, 4.69) is 15.3 Å². The van der Waals surface area contributed by atoms with Gasteiger partial charge in [0.2, 0.25) is 0 Å². The fourth-order valence-corrected chi connectivity index (χ4v) is 5.73. The van der Waals surface area contributed by atoms with Gasteiger partial charge in [-0.2, -0.15) is 13.2 Å². The van der Waals surface area contributed by atoms with Gasteiger partial charge in [-0.3, -0.25) is 9.59 Å². The minimum atomic E-state index is -4.58. The molecule has 1 aromatic rings. The first kappa shape index (κ1) is 26.6. The molecule has 36 heavy (non-hydrogen) atoms. The van der Waals surface area contributed by atoms with Crippen molar-refractivity contribution in [2.75, 3.05) is 32.8 Å². The van der Waals surface area contributed by atoms with Gasteiger partial charge in [-0.05, 0) is 40.5 Å². The molecule has 3 aliphatic heterocycles. The number of carbonyl (C=O) groups excluding carboxylic acids is 2. The van der Waals surface area contributed by atoms with Crippen molar-refractivity contribution < 1.29 is 27.5 Å². The van der Waals surface area contributed by atoms with Crippen molar-refractivity contribution in [1.82, 2.24) is 20.1 Å². The van der Waals surface area contributed by atoms with E-state index in [4.69, 9.17) is 4.74 Å². The maximum Gasteiger partial charge on any atom is 0.396 e. The third-order valence-corrected chi connectivity index (χ3v) is 7.53. The number of nitrogens with zero attached hydrogens (tertiary/aromatic N) is 4. The summed E-state index contributed by atoms with van der Waals surface area (Å²) in [6.45, 7) is 9.42. The summed E-state index contributed by atoms with van der Waals surface area (Å²) >= 11 is 0.842. The molecule has 0 aliphatic carbocycles. The number of thiazole rings is 1. The van der Waals surface area contributed by atoms with Crippen LogP contribution in [0.5, 0.6) is 0 Å². The fourth-order valence-electron chi connectivity index (χ4n) is 4.64. The molecule has 0 spiro atoms.